The molecule has 3 atom stereocenters. The molecule has 262 valence electrons. The van der Waals surface area contributed by atoms with Gasteiger partial charge in [-0.3, -0.25) is 39.6 Å². The van der Waals surface area contributed by atoms with Crippen molar-refractivity contribution in [2.45, 2.75) is 84.0 Å². The van der Waals surface area contributed by atoms with Crippen molar-refractivity contribution in [3.63, 3.8) is 0 Å². The van der Waals surface area contributed by atoms with Crippen molar-refractivity contribution in [2.24, 2.45) is 0 Å². The summed E-state index contributed by atoms with van der Waals surface area (Å²) in [7, 11) is 0. The molecule has 0 saturated carbocycles. The fourth-order valence-electron chi connectivity index (χ4n) is 4.05. The minimum atomic E-state index is -1.47. The van der Waals surface area contributed by atoms with Crippen LogP contribution in [0, 0.1) is 0 Å². The topological polar surface area (TPSA) is 255 Å². The van der Waals surface area contributed by atoms with Crippen molar-refractivity contribution < 1.29 is 59.0 Å². The maximum absolute atomic E-state index is 13.4. The van der Waals surface area contributed by atoms with Gasteiger partial charge in [-0.1, -0.05) is 30.3 Å². The summed E-state index contributed by atoms with van der Waals surface area (Å²) < 4.78 is 5.19. The second-order valence-corrected chi connectivity index (χ2v) is 10.6. The zero-order valence-corrected chi connectivity index (χ0v) is 26.6. The second kappa shape index (κ2) is 21.1. The lowest BCUT2D eigenvalue weighted by Crippen LogP contribution is -2.56. The number of nitrogens with zero attached hydrogens (tertiary/aromatic N) is 3. The van der Waals surface area contributed by atoms with E-state index in [0.29, 0.717) is 20.8 Å². The quantitative estimate of drug-likeness (QED) is 0.0736. The highest BCUT2D eigenvalue weighted by Crippen LogP contribution is 2.08. The normalized spacial score (nSPS) is 12.5. The molecular weight excluding hydrogens is 624 g/mol. The Kier molecular flexibility index (Phi) is 18.0. The summed E-state index contributed by atoms with van der Waals surface area (Å²) in [6.07, 6.45) is -1.44. The Bertz CT molecular complexity index is 1220. The summed E-state index contributed by atoms with van der Waals surface area (Å²) in [4.78, 5) is 85.1. The molecule has 0 radical (unpaired) electrons. The lowest BCUT2D eigenvalue weighted by molar-refractivity contribution is -0.163. The van der Waals surface area contributed by atoms with Gasteiger partial charge in [-0.15, -0.1) is 0 Å². The first-order chi connectivity index (χ1) is 22.1. The zero-order chi connectivity index (χ0) is 35.5. The molecule has 1 aromatic rings. The van der Waals surface area contributed by atoms with E-state index < -0.39 is 59.7 Å². The number of hydrogen-bond acceptors (Lipinski definition) is 11. The molecular formula is C29H44N6O12. The Balaban J connectivity index is 3.10. The summed E-state index contributed by atoms with van der Waals surface area (Å²) in [6, 6.07) is 4.46. The number of ether oxygens (including phenoxy) is 1. The lowest BCUT2D eigenvalue weighted by atomic mass is 10.1. The highest BCUT2D eigenvalue weighted by Gasteiger charge is 2.30. The van der Waals surface area contributed by atoms with Crippen LogP contribution < -0.4 is 16.0 Å². The molecule has 1 rings (SSSR count). The molecule has 18 nitrogen and oxygen atoms in total. The van der Waals surface area contributed by atoms with E-state index in [9.17, 15) is 54.3 Å². The van der Waals surface area contributed by atoms with Gasteiger partial charge in [-0.25, -0.2) is 24.8 Å². The molecule has 0 fully saturated rings. The molecule has 0 unspecified atom stereocenters. The van der Waals surface area contributed by atoms with Gasteiger partial charge in [0.05, 0.1) is 0 Å². The first-order valence-electron chi connectivity index (χ1n) is 14.8. The number of benzene rings is 1. The maximum Gasteiger partial charge on any atom is 0.408 e. The number of carboxylic acid groups (broad SMARTS) is 1. The molecule has 0 aliphatic carbocycles. The largest absolute Gasteiger partial charge is 0.480 e. The smallest absolute Gasteiger partial charge is 0.408 e. The number of hydroxylamine groups is 6. The molecule has 0 saturated heterocycles. The SMILES string of the molecule is CC(=O)N(O)CCC[C@H](NC(=O)[C@H](CCCN(O)C(C)=O)NC(=O)[C@H](CCCN(O)C(C)=O)NC(=O)OCc1ccccc1)C(=O)O. The summed E-state index contributed by atoms with van der Waals surface area (Å²) in [5.41, 5.74) is 0.669. The van der Waals surface area contributed by atoms with Gasteiger partial charge in [-0.2, -0.15) is 0 Å². The summed E-state index contributed by atoms with van der Waals surface area (Å²) in [5, 5.41) is 47.0. The van der Waals surface area contributed by atoms with E-state index in [1.165, 1.54) is 0 Å². The number of carbonyl (C=O) groups is 7. The number of alkyl carbamates (subject to hydrolysis) is 1. The van der Waals surface area contributed by atoms with Crippen molar-refractivity contribution in [1.29, 1.82) is 0 Å². The highest BCUT2D eigenvalue weighted by molar-refractivity contribution is 5.92. The average Bonchev–Trinajstić information content (AvgIpc) is 3.01. The Morgan fingerprint density at radius 1 is 0.638 bits per heavy atom. The molecule has 6 amide bonds. The van der Waals surface area contributed by atoms with Crippen molar-refractivity contribution in [3.05, 3.63) is 35.9 Å². The molecule has 0 aliphatic heterocycles. The van der Waals surface area contributed by atoms with Crippen LogP contribution in [0.3, 0.4) is 0 Å². The van der Waals surface area contributed by atoms with E-state index in [1.807, 2.05) is 0 Å². The Morgan fingerprint density at radius 3 is 1.43 bits per heavy atom. The van der Waals surface area contributed by atoms with Crippen LogP contribution in [-0.2, 0) is 40.1 Å². The van der Waals surface area contributed by atoms with E-state index >= 15 is 0 Å². The van der Waals surface area contributed by atoms with Crippen molar-refractivity contribution in [3.8, 4) is 0 Å². The van der Waals surface area contributed by atoms with E-state index in [-0.39, 0.29) is 64.8 Å². The van der Waals surface area contributed by atoms with Gasteiger partial charge >= 0.3 is 12.1 Å². The molecule has 0 bridgehead atoms. The fourth-order valence-corrected chi connectivity index (χ4v) is 4.05. The summed E-state index contributed by atoms with van der Waals surface area (Å²) in [5.74, 6) is -5.23. The number of carboxylic acids is 1. The number of amides is 6. The predicted molar refractivity (Wildman–Crippen MR) is 160 cm³/mol. The average molecular weight is 669 g/mol. The standard InChI is InChI=1S/C29H44N6O12/c1-19(36)33(44)15-7-12-23(26(39)31-25(28(41)42)14-9-17-35(46)21(3)38)30-27(40)24(13-8-16-34(45)20(2)37)32-29(43)47-18-22-10-5-4-6-11-22/h4-6,10-11,23-25,44-46H,7-9,12-18H2,1-3H3,(H,30,40)(H,31,39)(H,32,43)(H,41,42)/t23-,24-,25-/m0/s1. The minimum absolute atomic E-state index is 0.00165. The molecule has 0 aliphatic rings. The van der Waals surface area contributed by atoms with Crippen molar-refractivity contribution in [1.82, 2.24) is 31.1 Å². The van der Waals surface area contributed by atoms with Gasteiger partial charge < -0.3 is 25.8 Å². The van der Waals surface area contributed by atoms with Gasteiger partial charge in [0.1, 0.15) is 24.7 Å². The summed E-state index contributed by atoms with van der Waals surface area (Å²) >= 11 is 0. The number of carbonyl (C=O) groups excluding carboxylic acids is 6. The van der Waals surface area contributed by atoms with Gasteiger partial charge in [0.2, 0.25) is 29.5 Å². The van der Waals surface area contributed by atoms with Crippen LogP contribution >= 0.6 is 0 Å². The van der Waals surface area contributed by atoms with Crippen LogP contribution in [0.2, 0.25) is 0 Å². The van der Waals surface area contributed by atoms with Crippen LogP contribution in [0.1, 0.15) is 64.9 Å². The lowest BCUT2D eigenvalue weighted by Gasteiger charge is -2.25. The molecule has 47 heavy (non-hydrogen) atoms. The van der Waals surface area contributed by atoms with Crippen LogP contribution in [0.5, 0.6) is 0 Å². The van der Waals surface area contributed by atoms with Crippen LogP contribution in [0.15, 0.2) is 30.3 Å². The number of nitrogens with one attached hydrogen (secondary N) is 3. The molecule has 0 aromatic heterocycles. The van der Waals surface area contributed by atoms with Crippen molar-refractivity contribution in [2.75, 3.05) is 19.6 Å². The molecule has 1 aromatic carbocycles. The predicted octanol–water partition coefficient (Wildman–Crippen LogP) is 0.389. The third kappa shape index (κ3) is 16.4. The first kappa shape index (κ1) is 40.2. The monoisotopic (exact) mass is 668 g/mol. The Hall–Kier alpha value is -4.81. The second-order valence-electron chi connectivity index (χ2n) is 10.6. The maximum atomic E-state index is 13.4. The third-order valence-corrected chi connectivity index (χ3v) is 6.75. The van der Waals surface area contributed by atoms with E-state index in [1.54, 1.807) is 30.3 Å². The van der Waals surface area contributed by atoms with Crippen LogP contribution in [0.25, 0.3) is 0 Å². The fraction of sp³-hybridized carbons (Fsp3) is 0.552. The third-order valence-electron chi connectivity index (χ3n) is 6.75. The van der Waals surface area contributed by atoms with Gasteiger partial charge in [-0.05, 0) is 44.1 Å². The van der Waals surface area contributed by atoms with Crippen LogP contribution in [-0.4, -0.2) is 115 Å². The van der Waals surface area contributed by atoms with Crippen LogP contribution in [0.4, 0.5) is 4.79 Å². The number of aliphatic carboxylic acids is 1. The molecule has 18 heteroatoms. The van der Waals surface area contributed by atoms with E-state index in [4.69, 9.17) is 4.74 Å². The number of rotatable bonds is 20. The highest BCUT2D eigenvalue weighted by atomic mass is 16.5. The molecule has 0 heterocycles. The molecule has 0 spiro atoms. The molecule has 7 N–H and O–H groups in total. The van der Waals surface area contributed by atoms with Gasteiger partial charge in [0.15, 0.2) is 0 Å². The van der Waals surface area contributed by atoms with Gasteiger partial charge in [0.25, 0.3) is 0 Å². The first-order valence-corrected chi connectivity index (χ1v) is 14.8. The minimum Gasteiger partial charge on any atom is -0.480 e. The van der Waals surface area contributed by atoms with Crippen molar-refractivity contribution >= 4 is 41.6 Å². The van der Waals surface area contributed by atoms with E-state index in [2.05, 4.69) is 16.0 Å². The summed E-state index contributed by atoms with van der Waals surface area (Å²) in [6.45, 7) is 2.61. The van der Waals surface area contributed by atoms with Gasteiger partial charge in [0, 0.05) is 40.4 Å². The van der Waals surface area contributed by atoms with E-state index in [0.717, 1.165) is 20.8 Å². The number of hydrogen-bond donors (Lipinski definition) is 7. The zero-order valence-electron chi connectivity index (χ0n) is 26.6. The Morgan fingerprint density at radius 2 is 1.02 bits per heavy atom. The Labute approximate surface area is 271 Å².